The van der Waals surface area contributed by atoms with Crippen molar-refractivity contribution in [2.45, 2.75) is 210 Å². The first-order valence-corrected chi connectivity index (χ1v) is 36.9. The minimum Gasteiger partial charge on any atom is -0.463 e. The van der Waals surface area contributed by atoms with Gasteiger partial charge in [0, 0.05) is 69.8 Å². The lowest BCUT2D eigenvalue weighted by Crippen LogP contribution is -2.65. The summed E-state index contributed by atoms with van der Waals surface area (Å²) >= 11 is 0. The van der Waals surface area contributed by atoms with Gasteiger partial charge in [0.15, 0.2) is 49.4 Å². The number of alkyl halides is 6. The Hall–Kier alpha value is -9.37. The van der Waals surface area contributed by atoms with E-state index in [-0.39, 0.29) is 33.0 Å². The number of ether oxygens (including phenoxy) is 20. The van der Waals surface area contributed by atoms with Gasteiger partial charge in [0.25, 0.3) is 0 Å². The van der Waals surface area contributed by atoms with Gasteiger partial charge in [-0.2, -0.15) is 17.6 Å². The number of aliphatic hydroxyl groups is 1. The Balaban J connectivity index is 0.000000219. The molecule has 6 aromatic rings. The lowest BCUT2D eigenvalue weighted by Gasteiger charge is -2.45. The molecule has 0 radical (unpaired) electrons. The van der Waals surface area contributed by atoms with Crippen molar-refractivity contribution in [2.75, 3.05) is 47.8 Å². The van der Waals surface area contributed by atoms with Gasteiger partial charge in [-0.3, -0.25) is 33.6 Å². The van der Waals surface area contributed by atoms with Gasteiger partial charge in [-0.05, 0) is 33.4 Å². The molecule has 0 amide bonds. The molecule has 4 aliphatic rings. The lowest BCUT2D eigenvalue weighted by atomic mass is 9.97. The van der Waals surface area contributed by atoms with Crippen molar-refractivity contribution >= 4 is 41.8 Å². The molecule has 10 rings (SSSR count). The predicted molar refractivity (Wildman–Crippen MR) is 396 cm³/mol. The lowest BCUT2D eigenvalue weighted by molar-refractivity contribution is -0.358. The van der Waals surface area contributed by atoms with Gasteiger partial charge in [0.1, 0.15) is 43.7 Å². The van der Waals surface area contributed by atoms with Gasteiger partial charge >= 0.3 is 59.6 Å². The third kappa shape index (κ3) is 29.6. The van der Waals surface area contributed by atoms with Crippen molar-refractivity contribution in [3.8, 4) is 0 Å². The number of aliphatic hydroxyl groups excluding tert-OH is 1. The van der Waals surface area contributed by atoms with Crippen LogP contribution in [-0.4, -0.2) is 217 Å². The molecule has 4 aliphatic heterocycles. The summed E-state index contributed by atoms with van der Waals surface area (Å²) in [5.74, 6) is -17.6. The topological polar surface area (TPSA) is 324 Å². The smallest absolute Gasteiger partial charge is 0.317 e. The third-order valence-electron chi connectivity index (χ3n) is 17.6. The first-order valence-electron chi connectivity index (χ1n) is 36.9. The predicted octanol–water partition coefficient (Wildman–Crippen LogP) is 10.2. The number of hydrogen-bond donors (Lipinski definition) is 1. The quantitative estimate of drug-likeness (QED) is 0.0233. The molecule has 17 atom stereocenters. The molecule has 0 aromatic heterocycles. The summed E-state index contributed by atoms with van der Waals surface area (Å²) in [6.07, 6.45) is -24.2. The highest BCUT2D eigenvalue weighted by atomic mass is 19.3. The Morgan fingerprint density at radius 2 is 0.590 bits per heavy atom. The highest BCUT2D eigenvalue weighted by Crippen LogP contribution is 2.43. The largest absolute Gasteiger partial charge is 0.463 e. The number of halogens is 6. The van der Waals surface area contributed by atoms with Crippen LogP contribution >= 0.6 is 0 Å². The third-order valence-corrected chi connectivity index (χ3v) is 17.6. The molecule has 640 valence electrons. The fourth-order valence-corrected chi connectivity index (χ4v) is 12.1. The molecule has 117 heavy (non-hydrogen) atoms. The molecular formula is C83H98F6O28. The molecule has 34 heteroatoms. The van der Waals surface area contributed by atoms with E-state index in [1.54, 1.807) is 7.11 Å². The number of hydrogen-bond acceptors (Lipinski definition) is 28. The normalized spacial score (nSPS) is 26.0. The maximum atomic E-state index is 15.8. The minimum absolute atomic E-state index is 0.000318. The molecule has 17 unspecified atom stereocenters. The van der Waals surface area contributed by atoms with Crippen molar-refractivity contribution in [2.24, 2.45) is 0 Å². The molecule has 0 spiro atoms. The highest BCUT2D eigenvalue weighted by molar-refractivity contribution is 5.69. The van der Waals surface area contributed by atoms with E-state index in [0.29, 0.717) is 19.8 Å². The van der Waals surface area contributed by atoms with Crippen molar-refractivity contribution in [3.05, 3.63) is 215 Å². The van der Waals surface area contributed by atoms with E-state index in [1.165, 1.54) is 7.11 Å². The summed E-state index contributed by atoms with van der Waals surface area (Å²) in [7, 11) is 4.11. The van der Waals surface area contributed by atoms with E-state index in [2.05, 4.69) is 18.9 Å². The first-order chi connectivity index (χ1) is 55.9. The fourth-order valence-electron chi connectivity index (χ4n) is 12.1. The van der Waals surface area contributed by atoms with Gasteiger partial charge in [0.2, 0.25) is 24.6 Å². The Kier molecular flexibility index (Phi) is 38.3. The van der Waals surface area contributed by atoms with Crippen LogP contribution < -0.4 is 0 Å². The van der Waals surface area contributed by atoms with E-state index in [9.17, 15) is 56.2 Å². The van der Waals surface area contributed by atoms with E-state index in [0.717, 1.165) is 89.0 Å². The van der Waals surface area contributed by atoms with Crippen LogP contribution in [0.25, 0.3) is 0 Å². The minimum atomic E-state index is -3.90. The maximum Gasteiger partial charge on any atom is 0.317 e. The van der Waals surface area contributed by atoms with Crippen molar-refractivity contribution in [1.29, 1.82) is 0 Å². The molecule has 1 N–H and O–H groups in total. The molecule has 6 aromatic carbocycles. The number of carbonyl (C=O) groups is 7. The van der Waals surface area contributed by atoms with E-state index < -0.39 is 177 Å². The number of esters is 7. The number of carbonyl (C=O) groups excluding carboxylic acids is 7. The average Bonchev–Trinajstić information content (AvgIpc) is 0.759. The number of methoxy groups -OCH3 is 3. The SMILES string of the molecule is CC(=O)OCC1OC(OC(C)=O)C(OC(C)=O)C(OC(C)=O)C1(F)F.COC1OC(COC(C)=O)C(F)(F)C(OC(C)=O)C1OC(C)=O.COC1OC(COCc2ccccc2)C(F)(F)C(OCc2ccccc2)C1OCc1ccccc1.COC1OC(COCc2ccccc2)C(O)C(OCc2ccccc2)C1OCc1ccccc1. The molecule has 0 saturated carbocycles. The molecule has 0 bridgehead atoms. The second kappa shape index (κ2) is 47.3. The molecule has 4 fully saturated rings. The summed E-state index contributed by atoms with van der Waals surface area (Å²) in [4.78, 5) is 77.5. The number of rotatable bonds is 32. The standard InChI is InChI=1S/C28H30F2O5.C28H32O6.C14H18F2O9.C13H18F2O8/c1-31-27-25(33-18-22-13-7-3-8-14-22)26(34-19-23-15-9-4-10-16-23)28(29,30)24(35-27)20-32-17-21-11-5-2-6-12-21;1-30-28-27(33-19-23-15-9-4-10-16-23)26(32-18-22-13-7-3-8-14-22)25(29)24(34-28)20-31-17-21-11-5-2-6-12-21;1-6(17)21-5-10-14(15,16)12(23-8(3)19)11(22-7(2)18)13(25-10)24-9(4)20;1-6(16)20-5-9-13(14,15)11(22-8(3)18)10(21-7(2)17)12(19-4)23-9/h2-16,24-27H,17-20H2,1H3;2-16,24-29H,17-20H2,1H3;10-13H,5H2,1-4H3;9-12H,5H2,1-4H3. The van der Waals surface area contributed by atoms with Crippen LogP contribution in [0.1, 0.15) is 81.8 Å². The molecule has 28 nitrogen and oxygen atoms in total. The van der Waals surface area contributed by atoms with E-state index >= 15 is 8.78 Å². The fraction of sp³-hybridized carbons (Fsp3) is 0.482. The molecule has 4 heterocycles. The molecule has 4 saturated heterocycles. The summed E-state index contributed by atoms with van der Waals surface area (Å²) < 4.78 is 196. The number of benzene rings is 6. The highest BCUT2D eigenvalue weighted by Gasteiger charge is 2.65. The van der Waals surface area contributed by atoms with Crippen molar-refractivity contribution < 1.29 is 160 Å². The van der Waals surface area contributed by atoms with Gasteiger partial charge in [-0.15, -0.1) is 0 Å². The zero-order valence-electron chi connectivity index (χ0n) is 65.9. The zero-order valence-corrected chi connectivity index (χ0v) is 65.9. The second-order valence-corrected chi connectivity index (χ2v) is 26.7. The average molecular weight is 1660 g/mol. The van der Waals surface area contributed by atoms with E-state index in [1.807, 2.05) is 182 Å². The first kappa shape index (κ1) is 94.8. The van der Waals surface area contributed by atoms with Crippen LogP contribution in [0, 0.1) is 0 Å². The summed E-state index contributed by atoms with van der Waals surface area (Å²) in [5.41, 5.74) is 5.59. The van der Waals surface area contributed by atoms with Gasteiger partial charge in [-0.1, -0.05) is 182 Å². The molecular weight excluding hydrogens is 1560 g/mol. The van der Waals surface area contributed by atoms with Gasteiger partial charge in [0.05, 0.1) is 52.9 Å². The van der Waals surface area contributed by atoms with Crippen molar-refractivity contribution in [3.63, 3.8) is 0 Å². The van der Waals surface area contributed by atoms with Gasteiger partial charge in [-0.25, -0.2) is 8.78 Å². The summed E-state index contributed by atoms with van der Waals surface area (Å²) in [6, 6.07) is 57.5. The Bertz CT molecular complexity index is 3960. The van der Waals surface area contributed by atoms with Crippen LogP contribution in [0.4, 0.5) is 26.3 Å². The van der Waals surface area contributed by atoms with Crippen LogP contribution in [-0.2, 0) is 168 Å². The summed E-state index contributed by atoms with van der Waals surface area (Å²) in [6.45, 7) is 6.36. The van der Waals surface area contributed by atoms with Gasteiger partial charge < -0.3 is 99.8 Å². The Morgan fingerprint density at radius 1 is 0.308 bits per heavy atom. The van der Waals surface area contributed by atoms with Crippen LogP contribution in [0.5, 0.6) is 0 Å². The Morgan fingerprint density at radius 3 is 0.940 bits per heavy atom. The summed E-state index contributed by atoms with van der Waals surface area (Å²) in [5, 5.41) is 11.2. The van der Waals surface area contributed by atoms with Crippen LogP contribution in [0.3, 0.4) is 0 Å². The second-order valence-electron chi connectivity index (χ2n) is 26.7. The maximum absolute atomic E-state index is 15.8. The monoisotopic (exact) mass is 1660 g/mol. The van der Waals surface area contributed by atoms with E-state index in [4.69, 9.17) is 75.8 Å². The van der Waals surface area contributed by atoms with Crippen LogP contribution in [0.15, 0.2) is 182 Å². The van der Waals surface area contributed by atoms with Crippen molar-refractivity contribution in [1.82, 2.24) is 0 Å². The molecule has 0 aliphatic carbocycles. The van der Waals surface area contributed by atoms with Crippen LogP contribution in [0.2, 0.25) is 0 Å². The zero-order chi connectivity index (χ0) is 85.2. The Labute approximate surface area is 672 Å².